The van der Waals surface area contributed by atoms with Crippen LogP contribution < -0.4 is 0 Å². The zero-order valence-corrected chi connectivity index (χ0v) is 10.5. The molecule has 0 aromatic carbocycles. The summed E-state index contributed by atoms with van der Waals surface area (Å²) in [5, 5.41) is 13.8. The molecular weight excluding hydrogens is 220 g/mol. The number of aromatic nitrogens is 1. The summed E-state index contributed by atoms with van der Waals surface area (Å²) in [6.07, 6.45) is 1.34. The summed E-state index contributed by atoms with van der Waals surface area (Å²) in [4.78, 5) is 13.8. The SMILES string of the molecule is CCc1noc(C)c1C(=O)N1CC(O)(CC)C1. The Morgan fingerprint density at radius 2 is 2.18 bits per heavy atom. The van der Waals surface area contributed by atoms with Gasteiger partial charge in [0.25, 0.3) is 5.91 Å². The van der Waals surface area contributed by atoms with Crippen molar-refractivity contribution in [2.75, 3.05) is 13.1 Å². The minimum Gasteiger partial charge on any atom is -0.386 e. The van der Waals surface area contributed by atoms with Crippen LogP contribution in [0.2, 0.25) is 0 Å². The van der Waals surface area contributed by atoms with Gasteiger partial charge in [-0.2, -0.15) is 0 Å². The topological polar surface area (TPSA) is 66.6 Å². The molecular formula is C12H18N2O3. The molecule has 0 saturated carbocycles. The van der Waals surface area contributed by atoms with Crippen LogP contribution in [0.3, 0.4) is 0 Å². The lowest BCUT2D eigenvalue weighted by Gasteiger charge is -2.46. The first-order chi connectivity index (χ1) is 8.00. The highest BCUT2D eigenvalue weighted by molar-refractivity contribution is 5.96. The maximum absolute atomic E-state index is 12.2. The van der Waals surface area contributed by atoms with Gasteiger partial charge in [0, 0.05) is 0 Å². The lowest BCUT2D eigenvalue weighted by Crippen LogP contribution is -2.63. The lowest BCUT2D eigenvalue weighted by molar-refractivity contribution is -0.0827. The van der Waals surface area contributed by atoms with Gasteiger partial charge in [0.15, 0.2) is 0 Å². The Labute approximate surface area is 100 Å². The number of β-amino-alcohol motifs (C(OH)–C–C–N with tert-alkyl or cyclic N) is 1. The van der Waals surface area contributed by atoms with E-state index >= 15 is 0 Å². The van der Waals surface area contributed by atoms with E-state index in [9.17, 15) is 9.90 Å². The largest absolute Gasteiger partial charge is 0.386 e. The second-order valence-corrected chi connectivity index (χ2v) is 4.65. The fraction of sp³-hybridized carbons (Fsp3) is 0.667. The van der Waals surface area contributed by atoms with Gasteiger partial charge in [0.2, 0.25) is 0 Å². The van der Waals surface area contributed by atoms with Gasteiger partial charge in [-0.1, -0.05) is 19.0 Å². The Morgan fingerprint density at radius 3 is 2.71 bits per heavy atom. The Bertz CT molecular complexity index is 433. The second kappa shape index (κ2) is 4.14. The highest BCUT2D eigenvalue weighted by atomic mass is 16.5. The molecule has 1 saturated heterocycles. The van der Waals surface area contributed by atoms with E-state index in [2.05, 4.69) is 5.16 Å². The van der Waals surface area contributed by atoms with E-state index < -0.39 is 5.60 Å². The molecule has 0 bridgehead atoms. The lowest BCUT2D eigenvalue weighted by atomic mass is 9.90. The first kappa shape index (κ1) is 12.1. The second-order valence-electron chi connectivity index (χ2n) is 4.65. The van der Waals surface area contributed by atoms with Gasteiger partial charge in [0.1, 0.15) is 11.3 Å². The number of hydrogen-bond acceptors (Lipinski definition) is 4. The molecule has 1 N–H and O–H groups in total. The van der Waals surface area contributed by atoms with Crippen molar-refractivity contribution in [3.05, 3.63) is 17.0 Å². The number of hydrogen-bond donors (Lipinski definition) is 1. The molecule has 1 aromatic heterocycles. The maximum Gasteiger partial charge on any atom is 0.259 e. The molecule has 1 amide bonds. The van der Waals surface area contributed by atoms with E-state index in [-0.39, 0.29) is 5.91 Å². The molecule has 94 valence electrons. The van der Waals surface area contributed by atoms with Gasteiger partial charge in [-0.15, -0.1) is 0 Å². The molecule has 5 nitrogen and oxygen atoms in total. The van der Waals surface area contributed by atoms with Crippen LogP contribution >= 0.6 is 0 Å². The van der Waals surface area contributed by atoms with Gasteiger partial charge < -0.3 is 14.5 Å². The van der Waals surface area contributed by atoms with E-state index in [1.165, 1.54) is 0 Å². The van der Waals surface area contributed by atoms with E-state index in [0.29, 0.717) is 42.9 Å². The van der Waals surface area contributed by atoms with E-state index in [1.807, 2.05) is 13.8 Å². The van der Waals surface area contributed by atoms with Crippen LogP contribution in [0.25, 0.3) is 0 Å². The number of nitrogens with zero attached hydrogens (tertiary/aromatic N) is 2. The molecule has 1 fully saturated rings. The molecule has 0 radical (unpaired) electrons. The van der Waals surface area contributed by atoms with Crippen molar-refractivity contribution in [3.63, 3.8) is 0 Å². The quantitative estimate of drug-likeness (QED) is 0.857. The number of carbonyl (C=O) groups excluding carboxylic acids is 1. The first-order valence-electron chi connectivity index (χ1n) is 5.97. The predicted octanol–water partition coefficient (Wildman–Crippen LogP) is 1.14. The number of aryl methyl sites for hydroxylation is 2. The molecule has 5 heteroatoms. The molecule has 1 aromatic rings. The third kappa shape index (κ3) is 1.95. The summed E-state index contributed by atoms with van der Waals surface area (Å²) in [5.74, 6) is 0.470. The number of carbonyl (C=O) groups is 1. The van der Waals surface area contributed by atoms with Crippen molar-refractivity contribution in [1.82, 2.24) is 10.1 Å². The zero-order chi connectivity index (χ0) is 12.6. The average molecular weight is 238 g/mol. The Balaban J connectivity index is 2.14. The van der Waals surface area contributed by atoms with E-state index in [0.717, 1.165) is 0 Å². The standard InChI is InChI=1S/C12H18N2O3/c1-4-9-10(8(3)17-13-9)11(15)14-6-12(16,5-2)7-14/h16H,4-7H2,1-3H3. The van der Waals surface area contributed by atoms with Crippen molar-refractivity contribution in [2.45, 2.75) is 39.2 Å². The zero-order valence-electron chi connectivity index (χ0n) is 10.5. The van der Waals surface area contributed by atoms with Crippen LogP contribution in [-0.4, -0.2) is 39.8 Å². The van der Waals surface area contributed by atoms with Crippen molar-refractivity contribution in [3.8, 4) is 0 Å². The monoisotopic (exact) mass is 238 g/mol. The fourth-order valence-electron chi connectivity index (χ4n) is 2.12. The molecule has 1 aliphatic rings. The molecule has 0 unspecified atom stereocenters. The fourth-order valence-corrected chi connectivity index (χ4v) is 2.12. The Kier molecular flexibility index (Phi) is 2.95. The number of rotatable bonds is 3. The Morgan fingerprint density at radius 1 is 1.53 bits per heavy atom. The van der Waals surface area contributed by atoms with Gasteiger partial charge in [-0.3, -0.25) is 4.79 Å². The van der Waals surface area contributed by atoms with Crippen molar-refractivity contribution in [2.24, 2.45) is 0 Å². The summed E-state index contributed by atoms with van der Waals surface area (Å²) < 4.78 is 5.04. The normalized spacial score (nSPS) is 18.0. The molecule has 0 aliphatic carbocycles. The van der Waals surface area contributed by atoms with Crippen molar-refractivity contribution < 1.29 is 14.4 Å². The van der Waals surface area contributed by atoms with Crippen LogP contribution in [0.4, 0.5) is 0 Å². The smallest absolute Gasteiger partial charge is 0.259 e. The number of likely N-dealkylation sites (tertiary alicyclic amines) is 1. The average Bonchev–Trinajstić information content (AvgIpc) is 2.65. The van der Waals surface area contributed by atoms with Gasteiger partial charge >= 0.3 is 0 Å². The first-order valence-corrected chi connectivity index (χ1v) is 5.97. The predicted molar refractivity (Wildman–Crippen MR) is 61.8 cm³/mol. The number of aliphatic hydroxyl groups is 1. The summed E-state index contributed by atoms with van der Waals surface area (Å²) in [7, 11) is 0. The van der Waals surface area contributed by atoms with Crippen LogP contribution in [0.1, 0.15) is 42.1 Å². The van der Waals surface area contributed by atoms with Crippen molar-refractivity contribution in [1.29, 1.82) is 0 Å². The molecule has 0 spiro atoms. The molecule has 0 atom stereocenters. The van der Waals surface area contributed by atoms with Gasteiger partial charge in [-0.05, 0) is 19.8 Å². The summed E-state index contributed by atoms with van der Waals surface area (Å²) in [6.45, 7) is 6.40. The molecule has 2 rings (SSSR count). The van der Waals surface area contributed by atoms with E-state index in [4.69, 9.17) is 4.52 Å². The van der Waals surface area contributed by atoms with Crippen molar-refractivity contribution >= 4 is 5.91 Å². The van der Waals surface area contributed by atoms with E-state index in [1.54, 1.807) is 11.8 Å². The summed E-state index contributed by atoms with van der Waals surface area (Å²) in [5.41, 5.74) is 0.553. The summed E-state index contributed by atoms with van der Waals surface area (Å²) in [6, 6.07) is 0. The minimum absolute atomic E-state index is 0.0845. The third-order valence-electron chi connectivity index (χ3n) is 3.40. The minimum atomic E-state index is -0.701. The van der Waals surface area contributed by atoms with Crippen LogP contribution in [0.15, 0.2) is 4.52 Å². The van der Waals surface area contributed by atoms with Gasteiger partial charge in [-0.25, -0.2) is 0 Å². The van der Waals surface area contributed by atoms with Gasteiger partial charge in [0.05, 0.1) is 24.4 Å². The Hall–Kier alpha value is -1.36. The third-order valence-corrected chi connectivity index (χ3v) is 3.40. The molecule has 17 heavy (non-hydrogen) atoms. The highest BCUT2D eigenvalue weighted by Crippen LogP contribution is 2.27. The molecule has 1 aliphatic heterocycles. The van der Waals surface area contributed by atoms with Crippen LogP contribution in [-0.2, 0) is 6.42 Å². The maximum atomic E-state index is 12.2. The van der Waals surface area contributed by atoms with Crippen LogP contribution in [0, 0.1) is 6.92 Å². The highest BCUT2D eigenvalue weighted by Gasteiger charge is 2.43. The number of amides is 1. The van der Waals surface area contributed by atoms with Crippen LogP contribution in [0.5, 0.6) is 0 Å². The summed E-state index contributed by atoms with van der Waals surface area (Å²) >= 11 is 0. The molecule has 2 heterocycles.